The molecular formula is C22H22N2O5S. The molecule has 1 saturated heterocycles. The lowest BCUT2D eigenvalue weighted by molar-refractivity contribution is 0.0306. The van der Waals surface area contributed by atoms with E-state index in [9.17, 15) is 9.59 Å². The number of methoxy groups -OCH3 is 2. The van der Waals surface area contributed by atoms with Gasteiger partial charge in [-0.2, -0.15) is 0 Å². The van der Waals surface area contributed by atoms with Crippen LogP contribution >= 0.6 is 11.3 Å². The highest BCUT2D eigenvalue weighted by Gasteiger charge is 2.20. The summed E-state index contributed by atoms with van der Waals surface area (Å²) < 4.78 is 16.8. The van der Waals surface area contributed by atoms with Crippen molar-refractivity contribution in [2.75, 3.05) is 45.8 Å². The summed E-state index contributed by atoms with van der Waals surface area (Å²) in [5.41, 5.74) is 1.08. The molecule has 0 saturated carbocycles. The first-order chi connectivity index (χ1) is 14.6. The highest BCUT2D eigenvalue weighted by atomic mass is 32.1. The minimum Gasteiger partial charge on any atom is -0.497 e. The molecule has 3 aromatic rings. The summed E-state index contributed by atoms with van der Waals surface area (Å²) in [4.78, 5) is 27.9. The standard InChI is InChI=1S/C22H22N2O5S/c1-27-17-10-15(11-18(13-17)28-2)21(25)23-16-3-4-19-14(9-16)12-20(30-19)22(26)24-5-7-29-8-6-24/h3-4,9-13H,5-8H2,1-2H3,(H,23,25). The number of nitrogens with zero attached hydrogens (tertiary/aromatic N) is 1. The second-order valence-electron chi connectivity index (χ2n) is 6.82. The third-order valence-electron chi connectivity index (χ3n) is 4.90. The second-order valence-corrected chi connectivity index (χ2v) is 7.91. The zero-order valence-corrected chi connectivity index (χ0v) is 17.6. The van der Waals surface area contributed by atoms with Gasteiger partial charge in [-0.05, 0) is 41.8 Å². The molecule has 1 fully saturated rings. The largest absolute Gasteiger partial charge is 0.497 e. The summed E-state index contributed by atoms with van der Waals surface area (Å²) in [5, 5.41) is 3.81. The van der Waals surface area contributed by atoms with E-state index in [0.29, 0.717) is 53.9 Å². The number of amides is 2. The highest BCUT2D eigenvalue weighted by molar-refractivity contribution is 7.20. The number of thiophene rings is 1. The van der Waals surface area contributed by atoms with Crippen molar-refractivity contribution < 1.29 is 23.8 Å². The third-order valence-corrected chi connectivity index (χ3v) is 6.00. The average Bonchev–Trinajstić information content (AvgIpc) is 3.22. The Labute approximate surface area is 178 Å². The van der Waals surface area contributed by atoms with Crippen molar-refractivity contribution >= 4 is 38.9 Å². The normalized spacial score (nSPS) is 13.9. The van der Waals surface area contributed by atoms with Gasteiger partial charge in [-0.3, -0.25) is 9.59 Å². The van der Waals surface area contributed by atoms with Crippen LogP contribution in [0.2, 0.25) is 0 Å². The maximum atomic E-state index is 12.7. The van der Waals surface area contributed by atoms with Crippen LogP contribution in [0.25, 0.3) is 10.1 Å². The van der Waals surface area contributed by atoms with Gasteiger partial charge in [-0.15, -0.1) is 11.3 Å². The number of fused-ring (bicyclic) bond motifs is 1. The maximum absolute atomic E-state index is 12.7. The zero-order chi connectivity index (χ0) is 21.1. The van der Waals surface area contributed by atoms with E-state index in [1.165, 1.54) is 25.6 Å². The van der Waals surface area contributed by atoms with E-state index >= 15 is 0 Å². The Kier molecular flexibility index (Phi) is 5.87. The summed E-state index contributed by atoms with van der Waals surface area (Å²) in [5.74, 6) is 0.832. The molecule has 8 heteroatoms. The minimum absolute atomic E-state index is 0.0218. The molecule has 2 aromatic carbocycles. The molecule has 156 valence electrons. The van der Waals surface area contributed by atoms with Crippen molar-refractivity contribution in [3.63, 3.8) is 0 Å². The van der Waals surface area contributed by atoms with Gasteiger partial charge < -0.3 is 24.4 Å². The van der Waals surface area contributed by atoms with Gasteiger partial charge in [-0.1, -0.05) is 0 Å². The lowest BCUT2D eigenvalue weighted by Crippen LogP contribution is -2.40. The van der Waals surface area contributed by atoms with Crippen molar-refractivity contribution in [1.29, 1.82) is 0 Å². The molecule has 1 aliphatic rings. The molecule has 7 nitrogen and oxygen atoms in total. The molecular weight excluding hydrogens is 404 g/mol. The molecule has 0 atom stereocenters. The van der Waals surface area contributed by atoms with Crippen molar-refractivity contribution in [2.45, 2.75) is 0 Å². The van der Waals surface area contributed by atoms with Crippen LogP contribution in [-0.2, 0) is 4.74 Å². The summed E-state index contributed by atoms with van der Waals surface area (Å²) in [7, 11) is 3.08. The molecule has 1 aromatic heterocycles. The Morgan fingerprint density at radius 3 is 2.37 bits per heavy atom. The molecule has 0 spiro atoms. The van der Waals surface area contributed by atoms with Crippen molar-refractivity contribution in [2.24, 2.45) is 0 Å². The fraction of sp³-hybridized carbons (Fsp3) is 0.273. The number of hydrogen-bond donors (Lipinski definition) is 1. The smallest absolute Gasteiger partial charge is 0.264 e. The Morgan fingerprint density at radius 1 is 1.00 bits per heavy atom. The molecule has 0 bridgehead atoms. The first kappa shape index (κ1) is 20.2. The third kappa shape index (κ3) is 4.24. The molecule has 0 aliphatic carbocycles. The minimum atomic E-state index is -0.272. The number of carbonyl (C=O) groups is 2. The maximum Gasteiger partial charge on any atom is 0.264 e. The van der Waals surface area contributed by atoms with E-state index in [4.69, 9.17) is 14.2 Å². The zero-order valence-electron chi connectivity index (χ0n) is 16.8. The van der Waals surface area contributed by atoms with Crippen LogP contribution in [0.15, 0.2) is 42.5 Å². The van der Waals surface area contributed by atoms with Gasteiger partial charge in [-0.25, -0.2) is 0 Å². The van der Waals surface area contributed by atoms with Crippen molar-refractivity contribution in [1.82, 2.24) is 4.90 Å². The molecule has 2 amide bonds. The van der Waals surface area contributed by atoms with Crippen LogP contribution < -0.4 is 14.8 Å². The molecule has 1 aliphatic heterocycles. The fourth-order valence-corrected chi connectivity index (χ4v) is 4.30. The number of ether oxygens (including phenoxy) is 3. The van der Waals surface area contributed by atoms with E-state index < -0.39 is 0 Å². The van der Waals surface area contributed by atoms with E-state index in [0.717, 1.165) is 10.1 Å². The quantitative estimate of drug-likeness (QED) is 0.674. The van der Waals surface area contributed by atoms with E-state index in [1.54, 1.807) is 18.2 Å². The van der Waals surface area contributed by atoms with Crippen LogP contribution in [0, 0.1) is 0 Å². The van der Waals surface area contributed by atoms with Gasteiger partial charge in [0, 0.05) is 35.1 Å². The van der Waals surface area contributed by atoms with Crippen molar-refractivity contribution in [3.8, 4) is 11.5 Å². The first-order valence-corrected chi connectivity index (χ1v) is 10.3. The molecule has 0 radical (unpaired) electrons. The van der Waals surface area contributed by atoms with Crippen LogP contribution in [0.3, 0.4) is 0 Å². The Bertz CT molecular complexity index is 1070. The lowest BCUT2D eigenvalue weighted by Gasteiger charge is -2.26. The topological polar surface area (TPSA) is 77.1 Å². The molecule has 1 N–H and O–H groups in total. The van der Waals surface area contributed by atoms with Gasteiger partial charge in [0.1, 0.15) is 11.5 Å². The van der Waals surface area contributed by atoms with Gasteiger partial charge in [0.2, 0.25) is 0 Å². The number of rotatable bonds is 5. The van der Waals surface area contributed by atoms with Crippen LogP contribution in [0.5, 0.6) is 11.5 Å². The molecule has 0 unspecified atom stereocenters. The Morgan fingerprint density at radius 2 is 1.70 bits per heavy atom. The Balaban J connectivity index is 1.54. The highest BCUT2D eigenvalue weighted by Crippen LogP contribution is 2.30. The predicted octanol–water partition coefficient (Wildman–Crippen LogP) is 3.64. The number of benzene rings is 2. The monoisotopic (exact) mass is 426 g/mol. The van der Waals surface area contributed by atoms with Gasteiger partial charge in [0.15, 0.2) is 0 Å². The molecule has 30 heavy (non-hydrogen) atoms. The number of morpholine rings is 1. The lowest BCUT2D eigenvalue weighted by atomic mass is 10.1. The van der Waals surface area contributed by atoms with Crippen LogP contribution in [0.4, 0.5) is 5.69 Å². The average molecular weight is 426 g/mol. The summed E-state index contributed by atoms with van der Waals surface area (Å²) >= 11 is 1.46. The van der Waals surface area contributed by atoms with E-state index in [-0.39, 0.29) is 11.8 Å². The number of anilines is 1. The Hall–Kier alpha value is -3.10. The second kappa shape index (κ2) is 8.73. The summed E-state index contributed by atoms with van der Waals surface area (Å²) in [6.45, 7) is 2.36. The number of carbonyl (C=O) groups excluding carboxylic acids is 2. The fourth-order valence-electron chi connectivity index (χ4n) is 3.29. The van der Waals surface area contributed by atoms with Gasteiger partial charge >= 0.3 is 0 Å². The van der Waals surface area contributed by atoms with E-state index in [2.05, 4.69) is 5.32 Å². The summed E-state index contributed by atoms with van der Waals surface area (Å²) in [6.07, 6.45) is 0. The molecule has 4 rings (SSSR count). The number of hydrogen-bond acceptors (Lipinski definition) is 6. The van der Waals surface area contributed by atoms with E-state index in [1.807, 2.05) is 29.2 Å². The summed E-state index contributed by atoms with van der Waals surface area (Å²) in [6, 6.07) is 12.5. The predicted molar refractivity (Wildman–Crippen MR) is 116 cm³/mol. The van der Waals surface area contributed by atoms with Gasteiger partial charge in [0.05, 0.1) is 32.3 Å². The molecule has 2 heterocycles. The van der Waals surface area contributed by atoms with Crippen LogP contribution in [-0.4, -0.2) is 57.2 Å². The van der Waals surface area contributed by atoms with Crippen LogP contribution in [0.1, 0.15) is 20.0 Å². The van der Waals surface area contributed by atoms with Gasteiger partial charge in [0.25, 0.3) is 11.8 Å². The SMILES string of the molecule is COc1cc(OC)cc(C(=O)Nc2ccc3sc(C(=O)N4CCOCC4)cc3c2)c1. The number of nitrogens with one attached hydrogen (secondary N) is 1. The van der Waals surface area contributed by atoms with Crippen molar-refractivity contribution in [3.05, 3.63) is 52.9 Å². The first-order valence-electron chi connectivity index (χ1n) is 9.52.